The van der Waals surface area contributed by atoms with Gasteiger partial charge in [-0.25, -0.2) is 4.98 Å². The van der Waals surface area contributed by atoms with Crippen LogP contribution in [0.1, 0.15) is 27.0 Å². The van der Waals surface area contributed by atoms with Crippen LogP contribution in [0.5, 0.6) is 0 Å². The number of aromatic nitrogens is 1. The Hall–Kier alpha value is -3.18. The third-order valence-electron chi connectivity index (χ3n) is 3.36. The monoisotopic (exact) mass is 393 g/mol. The predicted octanol–water partition coefficient (Wildman–Crippen LogP) is 4.59. The molecule has 1 heterocycles. The molecule has 0 fully saturated rings. The van der Waals surface area contributed by atoms with Crippen molar-refractivity contribution < 1.29 is 36.1 Å². The van der Waals surface area contributed by atoms with Gasteiger partial charge in [0, 0.05) is 11.6 Å². The highest BCUT2D eigenvalue weighted by Crippen LogP contribution is 2.36. The van der Waals surface area contributed by atoms with E-state index in [1.807, 2.05) is 5.32 Å². The molecule has 1 aromatic carbocycles. The maximum atomic E-state index is 12.8. The molecule has 1 amide bonds. The second-order valence-corrected chi connectivity index (χ2v) is 5.36. The van der Waals surface area contributed by atoms with Gasteiger partial charge in [-0.1, -0.05) is 0 Å². The van der Waals surface area contributed by atoms with E-state index in [0.717, 1.165) is 12.3 Å². The first kappa shape index (κ1) is 20.1. The number of nitro groups is 1. The lowest BCUT2D eigenvalue weighted by Gasteiger charge is -2.14. The summed E-state index contributed by atoms with van der Waals surface area (Å²) in [6, 6.07) is 1.47. The van der Waals surface area contributed by atoms with E-state index in [1.165, 1.54) is 6.92 Å². The highest BCUT2D eigenvalue weighted by atomic mass is 19.4. The van der Waals surface area contributed by atoms with Gasteiger partial charge < -0.3 is 5.32 Å². The van der Waals surface area contributed by atoms with E-state index < -0.39 is 45.6 Å². The number of halogens is 6. The summed E-state index contributed by atoms with van der Waals surface area (Å²) in [7, 11) is 0. The van der Waals surface area contributed by atoms with Crippen LogP contribution in [0.4, 0.5) is 37.8 Å². The minimum Gasteiger partial charge on any atom is -0.306 e. The quantitative estimate of drug-likeness (QED) is 0.470. The van der Waals surface area contributed by atoms with Crippen molar-refractivity contribution in [2.24, 2.45) is 0 Å². The smallest absolute Gasteiger partial charge is 0.306 e. The Balaban J connectivity index is 2.42. The third-order valence-corrected chi connectivity index (χ3v) is 3.36. The molecule has 12 heteroatoms. The van der Waals surface area contributed by atoms with Crippen LogP contribution in [-0.2, 0) is 12.4 Å². The number of anilines is 1. The van der Waals surface area contributed by atoms with Gasteiger partial charge in [-0.05, 0) is 30.7 Å². The standard InChI is InChI=1S/C15H9F6N3O3/c1-7-2-11(24(26)27)6-22-12(7)23-13(25)8-3-9(14(16,17)18)5-10(4-8)15(19,20)21/h2-6H,1H3,(H,22,23,25). The van der Waals surface area contributed by atoms with E-state index in [4.69, 9.17) is 0 Å². The molecular weight excluding hydrogens is 384 g/mol. The van der Waals surface area contributed by atoms with Gasteiger partial charge in [0.1, 0.15) is 12.0 Å². The summed E-state index contributed by atoms with van der Waals surface area (Å²) in [6.07, 6.45) is -9.41. The molecule has 0 saturated heterocycles. The maximum absolute atomic E-state index is 12.8. The van der Waals surface area contributed by atoms with E-state index in [1.54, 1.807) is 0 Å². The van der Waals surface area contributed by atoms with Gasteiger partial charge in [0.05, 0.1) is 16.1 Å². The van der Waals surface area contributed by atoms with Crippen molar-refractivity contribution in [1.82, 2.24) is 4.98 Å². The number of pyridine rings is 1. The fraction of sp³-hybridized carbons (Fsp3) is 0.200. The molecule has 27 heavy (non-hydrogen) atoms. The number of benzene rings is 1. The largest absolute Gasteiger partial charge is 0.416 e. The van der Waals surface area contributed by atoms with Gasteiger partial charge in [-0.2, -0.15) is 26.3 Å². The number of amides is 1. The van der Waals surface area contributed by atoms with Crippen molar-refractivity contribution in [2.45, 2.75) is 19.3 Å². The zero-order valence-electron chi connectivity index (χ0n) is 13.3. The highest BCUT2D eigenvalue weighted by Gasteiger charge is 2.37. The fourth-order valence-corrected chi connectivity index (χ4v) is 2.06. The molecule has 0 aliphatic rings. The molecule has 0 aliphatic carbocycles. The molecule has 0 bridgehead atoms. The lowest BCUT2D eigenvalue weighted by atomic mass is 10.0. The van der Waals surface area contributed by atoms with Crippen LogP contribution in [0, 0.1) is 17.0 Å². The zero-order valence-corrected chi connectivity index (χ0v) is 13.3. The van der Waals surface area contributed by atoms with E-state index in [9.17, 15) is 41.3 Å². The fourth-order valence-electron chi connectivity index (χ4n) is 2.06. The number of nitrogens with zero attached hydrogens (tertiary/aromatic N) is 2. The molecule has 6 nitrogen and oxygen atoms in total. The number of carbonyl (C=O) groups excluding carboxylic acids is 1. The van der Waals surface area contributed by atoms with Gasteiger partial charge in [-0.15, -0.1) is 0 Å². The lowest BCUT2D eigenvalue weighted by Crippen LogP contribution is -2.18. The van der Waals surface area contributed by atoms with Crippen LogP contribution < -0.4 is 5.32 Å². The molecule has 0 unspecified atom stereocenters. The Morgan fingerprint density at radius 3 is 1.96 bits per heavy atom. The summed E-state index contributed by atoms with van der Waals surface area (Å²) in [5.41, 5.74) is -4.48. The van der Waals surface area contributed by atoms with Gasteiger partial charge in [0.15, 0.2) is 0 Å². The second-order valence-electron chi connectivity index (χ2n) is 5.36. The van der Waals surface area contributed by atoms with Crippen molar-refractivity contribution >= 4 is 17.4 Å². The van der Waals surface area contributed by atoms with Crippen LogP contribution in [0.15, 0.2) is 30.5 Å². The molecule has 0 saturated carbocycles. The molecule has 1 N–H and O–H groups in total. The average molecular weight is 393 g/mol. The first-order chi connectivity index (χ1) is 12.3. The summed E-state index contributed by atoms with van der Waals surface area (Å²) in [6.45, 7) is 1.32. The Labute approximate surface area is 147 Å². The van der Waals surface area contributed by atoms with Crippen LogP contribution in [-0.4, -0.2) is 15.8 Å². The minimum absolute atomic E-state index is 0.0978. The van der Waals surface area contributed by atoms with Crippen molar-refractivity contribution in [2.75, 3.05) is 5.32 Å². The van der Waals surface area contributed by atoms with Gasteiger partial charge in [0.2, 0.25) is 0 Å². The molecule has 0 atom stereocenters. The number of hydrogen-bond donors (Lipinski definition) is 1. The van der Waals surface area contributed by atoms with Gasteiger partial charge in [-0.3, -0.25) is 14.9 Å². The van der Waals surface area contributed by atoms with E-state index in [2.05, 4.69) is 4.98 Å². The Morgan fingerprint density at radius 1 is 1.04 bits per heavy atom. The number of nitrogens with one attached hydrogen (secondary N) is 1. The predicted molar refractivity (Wildman–Crippen MR) is 80.0 cm³/mol. The van der Waals surface area contributed by atoms with Crippen LogP contribution in [0.25, 0.3) is 0 Å². The van der Waals surface area contributed by atoms with Crippen molar-refractivity contribution in [3.05, 3.63) is 62.8 Å². The van der Waals surface area contributed by atoms with E-state index in [-0.39, 0.29) is 29.6 Å². The van der Waals surface area contributed by atoms with Gasteiger partial charge in [0.25, 0.3) is 11.6 Å². The summed E-state index contributed by atoms with van der Waals surface area (Å²) in [5, 5.41) is 12.7. The molecule has 0 aliphatic heterocycles. The molecule has 144 valence electrons. The van der Waals surface area contributed by atoms with Crippen LogP contribution >= 0.6 is 0 Å². The molecule has 2 rings (SSSR count). The summed E-state index contributed by atoms with van der Waals surface area (Å²) >= 11 is 0. The molecule has 0 spiro atoms. The first-order valence-electron chi connectivity index (χ1n) is 7.01. The zero-order chi connectivity index (χ0) is 20.6. The third kappa shape index (κ3) is 4.71. The average Bonchev–Trinajstić information content (AvgIpc) is 2.54. The maximum Gasteiger partial charge on any atom is 0.416 e. The normalized spacial score (nSPS) is 12.0. The number of rotatable bonds is 3. The minimum atomic E-state index is -5.10. The number of hydrogen-bond acceptors (Lipinski definition) is 4. The SMILES string of the molecule is Cc1cc([N+](=O)[O-])cnc1NC(=O)c1cc(C(F)(F)F)cc(C(F)(F)F)c1. The number of alkyl halides is 6. The van der Waals surface area contributed by atoms with Crippen LogP contribution in [0.3, 0.4) is 0 Å². The first-order valence-corrected chi connectivity index (χ1v) is 7.01. The summed E-state index contributed by atoms with van der Waals surface area (Å²) in [4.78, 5) is 25.6. The molecule has 2 aromatic rings. The van der Waals surface area contributed by atoms with E-state index in [0.29, 0.717) is 0 Å². The molecule has 1 aromatic heterocycles. The molecular formula is C15H9F6N3O3. The number of aryl methyl sites for hydroxylation is 1. The number of carbonyl (C=O) groups is 1. The van der Waals surface area contributed by atoms with E-state index >= 15 is 0 Å². The Bertz CT molecular complexity index is 876. The lowest BCUT2D eigenvalue weighted by molar-refractivity contribution is -0.385. The van der Waals surface area contributed by atoms with Crippen molar-refractivity contribution in [3.8, 4) is 0 Å². The molecule has 0 radical (unpaired) electrons. The van der Waals surface area contributed by atoms with Crippen LogP contribution in [0.2, 0.25) is 0 Å². The topological polar surface area (TPSA) is 85.1 Å². The summed E-state index contributed by atoms with van der Waals surface area (Å²) in [5.74, 6) is -1.52. The highest BCUT2D eigenvalue weighted by molar-refractivity contribution is 6.04. The van der Waals surface area contributed by atoms with Gasteiger partial charge >= 0.3 is 12.4 Å². The van der Waals surface area contributed by atoms with Crippen molar-refractivity contribution in [1.29, 1.82) is 0 Å². The second kappa shape index (κ2) is 6.85. The van der Waals surface area contributed by atoms with Crippen molar-refractivity contribution in [3.63, 3.8) is 0 Å². The Morgan fingerprint density at radius 2 is 1.56 bits per heavy atom. The summed E-state index contributed by atoms with van der Waals surface area (Å²) < 4.78 is 77.0. The Kier molecular flexibility index (Phi) is 5.11.